The van der Waals surface area contributed by atoms with Crippen molar-refractivity contribution in [1.29, 1.82) is 0 Å². The molecule has 2 heterocycles. The van der Waals surface area contributed by atoms with Crippen molar-refractivity contribution in [1.82, 2.24) is 15.5 Å². The molecule has 0 bridgehead atoms. The van der Waals surface area contributed by atoms with E-state index in [4.69, 9.17) is 4.52 Å². The number of carbonyl (C=O) groups excluding carboxylic acids is 1. The van der Waals surface area contributed by atoms with Gasteiger partial charge in [-0.3, -0.25) is 4.79 Å². The number of nitrogens with one attached hydrogen (secondary N) is 1. The van der Waals surface area contributed by atoms with E-state index in [9.17, 15) is 4.79 Å². The largest absolute Gasteiger partial charge is 0.361 e. The molecule has 2 aromatic rings. The lowest BCUT2D eigenvalue weighted by molar-refractivity contribution is 0.0945. The number of pyridine rings is 1. The first-order chi connectivity index (χ1) is 8.15. The highest BCUT2D eigenvalue weighted by molar-refractivity contribution is 9.10. The first kappa shape index (κ1) is 11.8. The molecule has 1 amide bonds. The molecular formula is C11H10BrN3O2. The van der Waals surface area contributed by atoms with Crippen LogP contribution in [0.25, 0.3) is 0 Å². The summed E-state index contributed by atoms with van der Waals surface area (Å²) in [7, 11) is 0. The summed E-state index contributed by atoms with van der Waals surface area (Å²) in [4.78, 5) is 15.8. The number of halogens is 1. The number of aromatic nitrogens is 2. The van der Waals surface area contributed by atoms with Crippen LogP contribution in [-0.2, 0) is 6.54 Å². The molecule has 2 rings (SSSR count). The van der Waals surface area contributed by atoms with Crippen LogP contribution in [0.3, 0.4) is 0 Å². The lowest BCUT2D eigenvalue weighted by Crippen LogP contribution is -2.23. The van der Waals surface area contributed by atoms with E-state index in [1.807, 2.05) is 0 Å². The molecule has 0 fully saturated rings. The van der Waals surface area contributed by atoms with Crippen LogP contribution in [0.2, 0.25) is 0 Å². The second-order valence-corrected chi connectivity index (χ2v) is 4.27. The standard InChI is InChI=1S/C11H10BrN3O2/c1-7-5-8(15-17-7)6-13-11(16)9-3-2-4-10(12)14-9/h2-5H,6H2,1H3,(H,13,16). The Kier molecular flexibility index (Phi) is 3.53. The predicted molar refractivity (Wildman–Crippen MR) is 64.3 cm³/mol. The zero-order chi connectivity index (χ0) is 12.3. The maximum atomic E-state index is 11.7. The quantitative estimate of drug-likeness (QED) is 0.880. The summed E-state index contributed by atoms with van der Waals surface area (Å²) in [6.45, 7) is 2.12. The van der Waals surface area contributed by atoms with Gasteiger partial charge in [0.25, 0.3) is 5.91 Å². The van der Waals surface area contributed by atoms with Gasteiger partial charge in [-0.1, -0.05) is 11.2 Å². The molecule has 2 aromatic heterocycles. The molecule has 88 valence electrons. The molecule has 0 unspecified atom stereocenters. The number of amides is 1. The van der Waals surface area contributed by atoms with Gasteiger partial charge in [0.05, 0.1) is 6.54 Å². The van der Waals surface area contributed by atoms with Crippen molar-refractivity contribution >= 4 is 21.8 Å². The third kappa shape index (κ3) is 3.13. The van der Waals surface area contributed by atoms with Crippen molar-refractivity contribution in [3.8, 4) is 0 Å². The van der Waals surface area contributed by atoms with E-state index in [0.717, 1.165) is 5.76 Å². The zero-order valence-electron chi connectivity index (χ0n) is 9.11. The summed E-state index contributed by atoms with van der Waals surface area (Å²) in [6, 6.07) is 6.94. The maximum Gasteiger partial charge on any atom is 0.270 e. The van der Waals surface area contributed by atoms with E-state index >= 15 is 0 Å². The van der Waals surface area contributed by atoms with Crippen molar-refractivity contribution in [2.24, 2.45) is 0 Å². The summed E-state index contributed by atoms with van der Waals surface area (Å²) in [5.41, 5.74) is 1.05. The van der Waals surface area contributed by atoms with Crippen LogP contribution < -0.4 is 5.32 Å². The van der Waals surface area contributed by atoms with Gasteiger partial charge in [0.1, 0.15) is 21.8 Å². The first-order valence-electron chi connectivity index (χ1n) is 4.98. The van der Waals surface area contributed by atoms with Gasteiger partial charge in [0.2, 0.25) is 0 Å². The van der Waals surface area contributed by atoms with Crippen LogP contribution in [-0.4, -0.2) is 16.0 Å². The Balaban J connectivity index is 1.98. The highest BCUT2D eigenvalue weighted by Gasteiger charge is 2.08. The summed E-state index contributed by atoms with van der Waals surface area (Å²) >= 11 is 3.21. The lowest BCUT2D eigenvalue weighted by atomic mass is 10.3. The van der Waals surface area contributed by atoms with Crippen molar-refractivity contribution < 1.29 is 9.32 Å². The van der Waals surface area contributed by atoms with Gasteiger partial charge >= 0.3 is 0 Å². The Hall–Kier alpha value is -1.69. The van der Waals surface area contributed by atoms with Gasteiger partial charge in [-0.15, -0.1) is 0 Å². The van der Waals surface area contributed by atoms with Gasteiger partial charge < -0.3 is 9.84 Å². The molecule has 0 radical (unpaired) electrons. The van der Waals surface area contributed by atoms with Crippen molar-refractivity contribution in [3.63, 3.8) is 0 Å². The molecule has 5 nitrogen and oxygen atoms in total. The Labute approximate surface area is 106 Å². The molecule has 17 heavy (non-hydrogen) atoms. The SMILES string of the molecule is Cc1cc(CNC(=O)c2cccc(Br)n2)no1. The molecule has 0 aliphatic rings. The highest BCUT2D eigenvalue weighted by Crippen LogP contribution is 2.06. The molecule has 6 heteroatoms. The molecule has 0 spiro atoms. The van der Waals surface area contributed by atoms with E-state index in [1.165, 1.54) is 0 Å². The van der Waals surface area contributed by atoms with E-state index in [2.05, 4.69) is 31.4 Å². The molecule has 0 saturated heterocycles. The minimum absolute atomic E-state index is 0.244. The topological polar surface area (TPSA) is 68.0 Å². The van der Waals surface area contributed by atoms with Crippen LogP contribution in [0.1, 0.15) is 21.9 Å². The molecule has 0 aliphatic heterocycles. The molecule has 0 aliphatic carbocycles. The van der Waals surface area contributed by atoms with E-state index < -0.39 is 0 Å². The zero-order valence-corrected chi connectivity index (χ0v) is 10.7. The second kappa shape index (κ2) is 5.09. The van der Waals surface area contributed by atoms with Crippen LogP contribution in [0.4, 0.5) is 0 Å². The third-order valence-electron chi connectivity index (χ3n) is 2.05. The number of rotatable bonds is 3. The van der Waals surface area contributed by atoms with E-state index in [-0.39, 0.29) is 5.91 Å². The van der Waals surface area contributed by atoms with Crippen molar-refractivity contribution in [3.05, 3.63) is 46.0 Å². The summed E-state index contributed by atoms with van der Waals surface area (Å²) in [5.74, 6) is 0.474. The number of carbonyl (C=O) groups is 1. The predicted octanol–water partition coefficient (Wildman–Crippen LogP) is 2.07. The Morgan fingerprint density at radius 1 is 1.53 bits per heavy atom. The molecule has 1 N–H and O–H groups in total. The number of aryl methyl sites for hydroxylation is 1. The fraction of sp³-hybridized carbons (Fsp3) is 0.182. The van der Waals surface area contributed by atoms with E-state index in [0.29, 0.717) is 22.5 Å². The fourth-order valence-electron chi connectivity index (χ4n) is 1.30. The summed E-state index contributed by atoms with van der Waals surface area (Å²) < 4.78 is 5.52. The van der Waals surface area contributed by atoms with Crippen molar-refractivity contribution in [2.75, 3.05) is 0 Å². The number of hydrogen-bond donors (Lipinski definition) is 1. The minimum atomic E-state index is -0.244. The van der Waals surface area contributed by atoms with Crippen LogP contribution in [0.5, 0.6) is 0 Å². The lowest BCUT2D eigenvalue weighted by Gasteiger charge is -2.02. The Morgan fingerprint density at radius 3 is 3.00 bits per heavy atom. The number of hydrogen-bond acceptors (Lipinski definition) is 4. The summed E-state index contributed by atoms with van der Waals surface area (Å²) in [6.07, 6.45) is 0. The van der Waals surface area contributed by atoms with Gasteiger partial charge in [0, 0.05) is 6.07 Å². The fourth-order valence-corrected chi connectivity index (χ4v) is 1.64. The monoisotopic (exact) mass is 295 g/mol. The minimum Gasteiger partial charge on any atom is -0.361 e. The maximum absolute atomic E-state index is 11.7. The number of nitrogens with zero attached hydrogens (tertiary/aromatic N) is 2. The average Bonchev–Trinajstić information content (AvgIpc) is 2.72. The average molecular weight is 296 g/mol. The third-order valence-corrected chi connectivity index (χ3v) is 2.50. The van der Waals surface area contributed by atoms with Crippen LogP contribution in [0, 0.1) is 6.92 Å². The van der Waals surface area contributed by atoms with E-state index in [1.54, 1.807) is 31.2 Å². The van der Waals surface area contributed by atoms with Crippen molar-refractivity contribution in [2.45, 2.75) is 13.5 Å². The van der Waals surface area contributed by atoms with Crippen LogP contribution in [0.15, 0.2) is 33.4 Å². The van der Waals surface area contributed by atoms with Gasteiger partial charge in [-0.05, 0) is 35.0 Å². The first-order valence-corrected chi connectivity index (χ1v) is 5.77. The molecular weight excluding hydrogens is 286 g/mol. The molecule has 0 aromatic carbocycles. The Bertz CT molecular complexity index is 539. The molecule has 0 atom stereocenters. The van der Waals surface area contributed by atoms with Gasteiger partial charge in [0.15, 0.2) is 0 Å². The van der Waals surface area contributed by atoms with Crippen LogP contribution >= 0.6 is 15.9 Å². The molecule has 0 saturated carbocycles. The van der Waals surface area contributed by atoms with Gasteiger partial charge in [-0.2, -0.15) is 0 Å². The normalized spacial score (nSPS) is 10.2. The van der Waals surface area contributed by atoms with Gasteiger partial charge in [-0.25, -0.2) is 4.98 Å². The Morgan fingerprint density at radius 2 is 2.35 bits per heavy atom. The summed E-state index contributed by atoms with van der Waals surface area (Å²) in [5, 5.41) is 6.49. The smallest absolute Gasteiger partial charge is 0.270 e. The second-order valence-electron chi connectivity index (χ2n) is 3.46. The highest BCUT2D eigenvalue weighted by atomic mass is 79.9.